The molecule has 0 unspecified atom stereocenters. The summed E-state index contributed by atoms with van der Waals surface area (Å²) in [6.45, 7) is 8.19. The highest BCUT2D eigenvalue weighted by Crippen LogP contribution is 2.53. The van der Waals surface area contributed by atoms with E-state index in [2.05, 4.69) is 45.4 Å². The van der Waals surface area contributed by atoms with Crippen LogP contribution >= 0.6 is 0 Å². The Balaban J connectivity index is 0.000000480. The third kappa shape index (κ3) is 12.5. The number of imidazole rings is 1. The molecule has 9 nitrogen and oxygen atoms in total. The number of nitrogens with zero attached hydrogens (tertiary/aromatic N) is 3. The number of Topliss-reactive ketones (excluding diaryl/α,β-unsaturated/α-hetero) is 1. The maximum atomic E-state index is 11.3. The molecule has 42 heavy (non-hydrogen) atoms. The number of unbranched alkanes of at least 4 members (excludes halogenated alkanes) is 3. The fraction of sp³-hybridized carbons (Fsp3) is 0.576. The highest BCUT2D eigenvalue weighted by molar-refractivity contribution is 5.90. The van der Waals surface area contributed by atoms with Crippen LogP contribution in [-0.4, -0.2) is 67.1 Å². The largest absolute Gasteiger partial charge is 0.496 e. The van der Waals surface area contributed by atoms with E-state index in [0.29, 0.717) is 24.3 Å². The topological polar surface area (TPSA) is 140 Å². The lowest BCUT2D eigenvalue weighted by molar-refractivity contribution is -0.118. The Morgan fingerprint density at radius 1 is 1.14 bits per heavy atom. The molecule has 5 N–H and O–H groups in total. The fourth-order valence-corrected chi connectivity index (χ4v) is 5.03. The summed E-state index contributed by atoms with van der Waals surface area (Å²) in [7, 11) is 3.35. The number of H-pyrrole nitrogens is 1. The van der Waals surface area contributed by atoms with Crippen molar-refractivity contribution in [3.8, 4) is 29.9 Å². The van der Waals surface area contributed by atoms with Crippen LogP contribution in [0.5, 0.6) is 5.75 Å². The molecule has 1 aromatic heterocycles. The molecular formula is C33H52N6O3. The van der Waals surface area contributed by atoms with Gasteiger partial charge in [-0.2, -0.15) is 0 Å². The number of rotatable bonds is 12. The summed E-state index contributed by atoms with van der Waals surface area (Å²) in [6, 6.07) is 3.77. The first-order chi connectivity index (χ1) is 20.3. The number of nitrogens with two attached hydrogens (primary N) is 2. The number of aryl methyl sites for hydroxylation is 1. The predicted octanol–water partition coefficient (Wildman–Crippen LogP) is 5.42. The maximum Gasteiger partial charge on any atom is 0.204 e. The van der Waals surface area contributed by atoms with Crippen molar-refractivity contribution in [1.29, 1.82) is 0 Å². The lowest BCUT2D eigenvalue weighted by atomic mass is 9.94. The van der Waals surface area contributed by atoms with Gasteiger partial charge in [0.15, 0.2) is 0 Å². The number of amides is 1. The van der Waals surface area contributed by atoms with Gasteiger partial charge in [-0.15, -0.1) is 12.8 Å². The van der Waals surface area contributed by atoms with Crippen LogP contribution in [0.25, 0.3) is 11.3 Å². The molecule has 4 rings (SSSR count). The lowest BCUT2D eigenvalue weighted by Crippen LogP contribution is -2.34. The standard InChI is InChI=1S/C21H30N4O2.C9H17N.C2H2.CH3NO/c1-4-16(26)9-7-5-6-8-10-21-24-14-19(25-21)17-12-18(22)15(13-23-2)11-20(17)27-3;1-2-10-7-5-9(3-4-9)6-8-10;1-2;2-1-3/h11-14H,4-10,22H2,1-3H3,(H,24,25);2-8H2,1H3;1-2H;1H,(H2,2,3). The third-order valence-corrected chi connectivity index (χ3v) is 7.93. The summed E-state index contributed by atoms with van der Waals surface area (Å²) in [6.07, 6.45) is 24.3. The highest BCUT2D eigenvalue weighted by atomic mass is 16.5. The molecule has 0 radical (unpaired) electrons. The Morgan fingerprint density at radius 2 is 1.79 bits per heavy atom. The zero-order chi connectivity index (χ0) is 31.4. The number of aromatic nitrogens is 2. The lowest BCUT2D eigenvalue weighted by Gasteiger charge is -2.30. The second-order valence-corrected chi connectivity index (χ2v) is 10.7. The van der Waals surface area contributed by atoms with E-state index in [1.807, 2.05) is 25.3 Å². The number of carbonyl (C=O) groups is 2. The molecule has 0 atom stereocenters. The molecule has 2 heterocycles. The molecule has 1 aliphatic carbocycles. The predicted molar refractivity (Wildman–Crippen MR) is 174 cm³/mol. The molecule has 1 aliphatic heterocycles. The van der Waals surface area contributed by atoms with Crippen LogP contribution in [0.3, 0.4) is 0 Å². The number of terminal acetylenes is 1. The van der Waals surface area contributed by atoms with Crippen LogP contribution < -0.4 is 16.2 Å². The third-order valence-electron chi connectivity index (χ3n) is 7.93. The number of carbonyl (C=O) groups excluding carboxylic acids is 2. The first kappa shape index (κ1) is 36.4. The van der Waals surface area contributed by atoms with Gasteiger partial charge in [0.05, 0.1) is 19.0 Å². The van der Waals surface area contributed by atoms with E-state index in [1.165, 1.54) is 45.3 Å². The van der Waals surface area contributed by atoms with Crippen molar-refractivity contribution < 1.29 is 14.3 Å². The second kappa shape index (κ2) is 20.3. The van der Waals surface area contributed by atoms with E-state index < -0.39 is 0 Å². The smallest absolute Gasteiger partial charge is 0.204 e. The van der Waals surface area contributed by atoms with Crippen LogP contribution in [0.15, 0.2) is 23.3 Å². The Bertz CT molecular complexity index is 1110. The number of likely N-dealkylation sites (tertiary alicyclic amines) is 1. The number of nitrogen functional groups attached to an aromatic ring is 1. The van der Waals surface area contributed by atoms with Gasteiger partial charge in [-0.1, -0.05) is 26.7 Å². The van der Waals surface area contributed by atoms with Crippen molar-refractivity contribution in [1.82, 2.24) is 14.9 Å². The monoisotopic (exact) mass is 580 g/mol. The summed E-state index contributed by atoms with van der Waals surface area (Å²) in [5.74, 6) is 2.04. The zero-order valence-electron chi connectivity index (χ0n) is 26.2. The number of nitrogens with one attached hydrogen (secondary N) is 1. The first-order valence-corrected chi connectivity index (χ1v) is 15.0. The summed E-state index contributed by atoms with van der Waals surface area (Å²) in [5.41, 5.74) is 14.4. The number of hydrogen-bond donors (Lipinski definition) is 3. The molecule has 1 saturated heterocycles. The van der Waals surface area contributed by atoms with Crippen molar-refractivity contribution >= 4 is 24.1 Å². The van der Waals surface area contributed by atoms with Crippen molar-refractivity contribution in [3.63, 3.8) is 0 Å². The molecule has 1 amide bonds. The van der Waals surface area contributed by atoms with Crippen molar-refractivity contribution in [2.24, 2.45) is 16.1 Å². The molecule has 1 aromatic carbocycles. The van der Waals surface area contributed by atoms with Gasteiger partial charge in [0.25, 0.3) is 0 Å². The summed E-state index contributed by atoms with van der Waals surface area (Å²) >= 11 is 0. The number of ether oxygens (including phenoxy) is 1. The van der Waals surface area contributed by atoms with Gasteiger partial charge in [-0.3, -0.25) is 14.6 Å². The molecule has 1 saturated carbocycles. The van der Waals surface area contributed by atoms with Gasteiger partial charge in [-0.05, 0) is 75.7 Å². The van der Waals surface area contributed by atoms with E-state index in [9.17, 15) is 4.79 Å². The molecule has 0 bridgehead atoms. The Morgan fingerprint density at radius 3 is 2.33 bits per heavy atom. The molecule has 9 heteroatoms. The van der Waals surface area contributed by atoms with Gasteiger partial charge >= 0.3 is 0 Å². The Labute approximate surface area is 252 Å². The Kier molecular flexibility index (Phi) is 17.6. The number of hydrogen-bond acceptors (Lipinski definition) is 7. The number of primary amides is 1. The molecule has 2 aliphatic rings. The van der Waals surface area contributed by atoms with Crippen molar-refractivity contribution in [3.05, 3.63) is 29.7 Å². The van der Waals surface area contributed by atoms with Crippen LogP contribution in [0, 0.1) is 18.3 Å². The maximum absolute atomic E-state index is 11.3. The van der Waals surface area contributed by atoms with Gasteiger partial charge in [-0.25, -0.2) is 4.98 Å². The van der Waals surface area contributed by atoms with Gasteiger partial charge in [0, 0.05) is 49.3 Å². The normalized spacial score (nSPS) is 14.9. The number of piperidine rings is 1. The van der Waals surface area contributed by atoms with E-state index in [1.54, 1.807) is 20.4 Å². The zero-order valence-corrected chi connectivity index (χ0v) is 26.2. The van der Waals surface area contributed by atoms with Crippen LogP contribution in [-0.2, 0) is 16.0 Å². The SMILES string of the molecule is C#C.CCC(=O)CCCCCCc1ncc(-c2cc(N)c(C=NC)cc2OC)[nH]1.CCN1CCC2(CC1)CC2.NC=O. The molecule has 232 valence electrons. The van der Waals surface area contributed by atoms with E-state index in [-0.39, 0.29) is 6.41 Å². The van der Waals surface area contributed by atoms with E-state index >= 15 is 0 Å². The fourth-order valence-electron chi connectivity index (χ4n) is 5.03. The minimum absolute atomic E-state index is 0.250. The number of aromatic amines is 1. The average Bonchev–Trinajstić information content (AvgIpc) is 3.60. The number of benzene rings is 1. The molecule has 2 aromatic rings. The second-order valence-electron chi connectivity index (χ2n) is 10.7. The van der Waals surface area contributed by atoms with Gasteiger partial charge in [0.1, 0.15) is 17.4 Å². The highest BCUT2D eigenvalue weighted by Gasteiger charge is 2.43. The van der Waals surface area contributed by atoms with Crippen molar-refractivity contribution in [2.75, 3.05) is 39.5 Å². The number of ketones is 1. The number of aliphatic imine (C=N–C) groups is 1. The van der Waals surface area contributed by atoms with Gasteiger partial charge in [0.2, 0.25) is 6.41 Å². The quantitative estimate of drug-likeness (QED) is 0.101. The van der Waals surface area contributed by atoms with Crippen LogP contribution in [0.2, 0.25) is 0 Å². The van der Waals surface area contributed by atoms with Crippen molar-refractivity contribution in [2.45, 2.75) is 84.5 Å². The van der Waals surface area contributed by atoms with E-state index in [4.69, 9.17) is 15.3 Å². The Hall–Kier alpha value is -3.64. The number of methoxy groups -OCH3 is 1. The van der Waals surface area contributed by atoms with Crippen LogP contribution in [0.1, 0.15) is 89.4 Å². The molecule has 2 fully saturated rings. The summed E-state index contributed by atoms with van der Waals surface area (Å²) in [4.78, 5) is 34.3. The minimum Gasteiger partial charge on any atom is -0.496 e. The van der Waals surface area contributed by atoms with E-state index in [0.717, 1.165) is 65.9 Å². The summed E-state index contributed by atoms with van der Waals surface area (Å²) in [5, 5.41) is 0. The molecular weight excluding hydrogens is 528 g/mol. The average molecular weight is 581 g/mol. The summed E-state index contributed by atoms with van der Waals surface area (Å²) < 4.78 is 5.51. The molecule has 1 spiro atoms. The first-order valence-electron chi connectivity index (χ1n) is 15.0. The van der Waals surface area contributed by atoms with Gasteiger partial charge < -0.3 is 26.1 Å². The minimum atomic E-state index is 0.250. The number of anilines is 1. The van der Waals surface area contributed by atoms with Crippen LogP contribution in [0.4, 0.5) is 5.69 Å².